The van der Waals surface area contributed by atoms with Crippen LogP contribution < -0.4 is 5.32 Å². The molecular formula is C7H6BrFN2O. The van der Waals surface area contributed by atoms with Gasteiger partial charge in [0.1, 0.15) is 4.60 Å². The number of rotatable bonds is 1. The van der Waals surface area contributed by atoms with Crippen molar-refractivity contribution in [2.45, 2.75) is 0 Å². The van der Waals surface area contributed by atoms with Gasteiger partial charge in [0.2, 0.25) is 0 Å². The molecule has 0 aromatic carbocycles. The Balaban J connectivity index is 3.16. The van der Waals surface area contributed by atoms with Gasteiger partial charge in [0.05, 0.1) is 5.56 Å². The summed E-state index contributed by atoms with van der Waals surface area (Å²) in [6, 6.07) is 1.32. The van der Waals surface area contributed by atoms with Gasteiger partial charge in [-0.25, -0.2) is 9.37 Å². The van der Waals surface area contributed by atoms with Crippen LogP contribution in [0.3, 0.4) is 0 Å². The molecule has 1 aromatic rings. The molecule has 0 unspecified atom stereocenters. The van der Waals surface area contributed by atoms with Crippen LogP contribution in [0.4, 0.5) is 4.39 Å². The summed E-state index contributed by atoms with van der Waals surface area (Å²) in [5.74, 6) is -1.10. The van der Waals surface area contributed by atoms with E-state index in [-0.39, 0.29) is 10.2 Å². The molecule has 0 aliphatic rings. The highest BCUT2D eigenvalue weighted by Gasteiger charge is 2.12. The van der Waals surface area contributed by atoms with Gasteiger partial charge in [0.15, 0.2) is 5.82 Å². The van der Waals surface area contributed by atoms with Crippen LogP contribution in [-0.2, 0) is 0 Å². The highest BCUT2D eigenvalue weighted by molar-refractivity contribution is 9.10. The molecular weight excluding hydrogens is 227 g/mol. The second-order valence-electron chi connectivity index (χ2n) is 2.04. The lowest BCUT2D eigenvalue weighted by molar-refractivity contribution is 0.0958. The minimum Gasteiger partial charge on any atom is -0.355 e. The van der Waals surface area contributed by atoms with E-state index in [1.54, 1.807) is 0 Å². The van der Waals surface area contributed by atoms with Gasteiger partial charge >= 0.3 is 0 Å². The Morgan fingerprint density at radius 1 is 1.75 bits per heavy atom. The molecule has 5 heteroatoms. The molecule has 0 bridgehead atoms. The maximum absolute atomic E-state index is 13.1. The van der Waals surface area contributed by atoms with Crippen LogP contribution in [0.2, 0.25) is 0 Å². The molecule has 0 spiro atoms. The van der Waals surface area contributed by atoms with Gasteiger partial charge in [-0.15, -0.1) is 0 Å². The Hall–Kier alpha value is -0.970. The molecule has 0 saturated carbocycles. The molecule has 1 N–H and O–H groups in total. The van der Waals surface area contributed by atoms with Gasteiger partial charge in [-0.1, -0.05) is 0 Å². The normalized spacial score (nSPS) is 9.58. The van der Waals surface area contributed by atoms with Crippen LogP contribution in [0.25, 0.3) is 0 Å². The van der Waals surface area contributed by atoms with Crippen molar-refractivity contribution in [1.82, 2.24) is 10.3 Å². The Labute approximate surface area is 77.1 Å². The molecule has 1 aromatic heterocycles. The summed E-state index contributed by atoms with van der Waals surface area (Å²) in [6.45, 7) is 0. The van der Waals surface area contributed by atoms with Crippen molar-refractivity contribution in [2.24, 2.45) is 0 Å². The zero-order valence-corrected chi connectivity index (χ0v) is 7.85. The highest BCUT2D eigenvalue weighted by Crippen LogP contribution is 2.15. The summed E-state index contributed by atoms with van der Waals surface area (Å²) < 4.78 is 13.1. The lowest BCUT2D eigenvalue weighted by atomic mass is 10.2. The number of aromatic nitrogens is 1. The van der Waals surface area contributed by atoms with Crippen LogP contribution in [0.1, 0.15) is 10.4 Å². The first-order valence-corrected chi connectivity index (χ1v) is 3.98. The van der Waals surface area contributed by atoms with E-state index in [0.29, 0.717) is 0 Å². The number of amides is 1. The minimum atomic E-state index is -0.642. The van der Waals surface area contributed by atoms with Crippen molar-refractivity contribution in [1.29, 1.82) is 0 Å². The third-order valence-corrected chi connectivity index (χ3v) is 1.87. The fraction of sp³-hybridized carbons (Fsp3) is 0.143. The van der Waals surface area contributed by atoms with E-state index in [2.05, 4.69) is 26.2 Å². The fourth-order valence-corrected chi connectivity index (χ4v) is 1.06. The van der Waals surface area contributed by atoms with Gasteiger partial charge in [0.25, 0.3) is 5.91 Å². The number of pyridine rings is 1. The predicted molar refractivity (Wildman–Crippen MR) is 45.3 cm³/mol. The van der Waals surface area contributed by atoms with E-state index >= 15 is 0 Å². The van der Waals surface area contributed by atoms with E-state index in [4.69, 9.17) is 0 Å². The molecule has 0 radical (unpaired) electrons. The van der Waals surface area contributed by atoms with E-state index in [1.165, 1.54) is 19.3 Å². The van der Waals surface area contributed by atoms with Gasteiger partial charge in [-0.2, -0.15) is 0 Å². The summed E-state index contributed by atoms with van der Waals surface area (Å²) in [5.41, 5.74) is -0.0145. The summed E-state index contributed by atoms with van der Waals surface area (Å²) in [4.78, 5) is 14.6. The summed E-state index contributed by atoms with van der Waals surface area (Å²) >= 11 is 2.88. The molecule has 1 rings (SSSR count). The quantitative estimate of drug-likeness (QED) is 0.743. The number of carbonyl (C=O) groups is 1. The van der Waals surface area contributed by atoms with Crippen LogP contribution in [0, 0.1) is 5.82 Å². The molecule has 3 nitrogen and oxygen atoms in total. The second kappa shape index (κ2) is 3.62. The molecule has 1 amide bonds. The standard InChI is InChI=1S/C7H6BrFN2O/c1-10-7(12)4-2-3-11-6(8)5(4)9/h2-3H,1H3,(H,10,12). The van der Waals surface area contributed by atoms with Crippen LogP contribution in [-0.4, -0.2) is 17.9 Å². The maximum atomic E-state index is 13.1. The van der Waals surface area contributed by atoms with Crippen molar-refractivity contribution in [3.05, 3.63) is 28.2 Å². The van der Waals surface area contributed by atoms with Crippen molar-refractivity contribution >= 4 is 21.8 Å². The number of hydrogen-bond donors (Lipinski definition) is 1. The van der Waals surface area contributed by atoms with Crippen LogP contribution in [0.5, 0.6) is 0 Å². The van der Waals surface area contributed by atoms with Gasteiger partial charge in [-0.3, -0.25) is 4.79 Å². The van der Waals surface area contributed by atoms with Gasteiger partial charge in [-0.05, 0) is 22.0 Å². The Morgan fingerprint density at radius 3 is 3.00 bits per heavy atom. The summed E-state index contributed by atoms with van der Waals surface area (Å²) in [7, 11) is 1.44. The minimum absolute atomic E-state index is 0.0145. The highest BCUT2D eigenvalue weighted by atomic mass is 79.9. The number of hydrogen-bond acceptors (Lipinski definition) is 2. The molecule has 0 atom stereocenters. The van der Waals surface area contributed by atoms with E-state index in [0.717, 1.165) is 0 Å². The zero-order chi connectivity index (χ0) is 9.14. The first-order chi connectivity index (χ1) is 5.66. The first-order valence-electron chi connectivity index (χ1n) is 3.19. The van der Waals surface area contributed by atoms with Gasteiger partial charge < -0.3 is 5.32 Å². The third kappa shape index (κ3) is 1.61. The zero-order valence-electron chi connectivity index (χ0n) is 6.27. The van der Waals surface area contributed by atoms with Crippen LogP contribution in [0.15, 0.2) is 16.9 Å². The van der Waals surface area contributed by atoms with Crippen molar-refractivity contribution in [2.75, 3.05) is 7.05 Å². The number of halogens is 2. The monoisotopic (exact) mass is 232 g/mol. The topological polar surface area (TPSA) is 42.0 Å². The predicted octanol–water partition coefficient (Wildman–Crippen LogP) is 1.34. The lowest BCUT2D eigenvalue weighted by Crippen LogP contribution is -2.19. The average molecular weight is 233 g/mol. The Kier molecular flexibility index (Phi) is 2.75. The molecule has 1 heterocycles. The third-order valence-electron chi connectivity index (χ3n) is 1.32. The van der Waals surface area contributed by atoms with Crippen molar-refractivity contribution < 1.29 is 9.18 Å². The maximum Gasteiger partial charge on any atom is 0.254 e. The molecule has 0 fully saturated rings. The van der Waals surface area contributed by atoms with Gasteiger partial charge in [0, 0.05) is 13.2 Å². The molecule has 0 saturated heterocycles. The average Bonchev–Trinajstić information content (AvgIpc) is 2.08. The van der Waals surface area contributed by atoms with Crippen molar-refractivity contribution in [3.8, 4) is 0 Å². The summed E-state index contributed by atoms with van der Waals surface area (Å²) in [6.07, 6.45) is 1.36. The Morgan fingerprint density at radius 2 is 2.42 bits per heavy atom. The van der Waals surface area contributed by atoms with Crippen LogP contribution >= 0.6 is 15.9 Å². The van der Waals surface area contributed by atoms with E-state index in [9.17, 15) is 9.18 Å². The lowest BCUT2D eigenvalue weighted by Gasteiger charge is -2.01. The first kappa shape index (κ1) is 9.12. The smallest absolute Gasteiger partial charge is 0.254 e. The largest absolute Gasteiger partial charge is 0.355 e. The molecule has 0 aliphatic carbocycles. The fourth-order valence-electron chi connectivity index (χ4n) is 0.728. The van der Waals surface area contributed by atoms with Crippen molar-refractivity contribution in [3.63, 3.8) is 0 Å². The number of carbonyl (C=O) groups excluding carboxylic acids is 1. The summed E-state index contributed by atoms with van der Waals surface area (Å²) in [5, 5.41) is 2.32. The number of nitrogens with one attached hydrogen (secondary N) is 1. The number of nitrogens with zero attached hydrogens (tertiary/aromatic N) is 1. The van der Waals surface area contributed by atoms with E-state index < -0.39 is 11.7 Å². The molecule has 0 aliphatic heterocycles. The molecule has 12 heavy (non-hydrogen) atoms. The van der Waals surface area contributed by atoms with E-state index in [1.807, 2.05) is 0 Å². The molecule has 64 valence electrons. The second-order valence-corrected chi connectivity index (χ2v) is 2.79. The SMILES string of the molecule is CNC(=O)c1ccnc(Br)c1F. The Bertz CT molecular complexity index is 316.